The fourth-order valence-corrected chi connectivity index (χ4v) is 2.34. The summed E-state index contributed by atoms with van der Waals surface area (Å²) in [6.07, 6.45) is 0. The van der Waals surface area contributed by atoms with Gasteiger partial charge in [0, 0.05) is 11.1 Å². The van der Waals surface area contributed by atoms with Crippen LogP contribution in [0.1, 0.15) is 38.8 Å². The molecule has 28 heavy (non-hydrogen) atoms. The van der Waals surface area contributed by atoms with E-state index in [-0.39, 0.29) is 11.7 Å². The maximum Gasteiger partial charge on any atom is 0.170 e. The number of hydrogen-bond acceptors (Lipinski definition) is 6. The summed E-state index contributed by atoms with van der Waals surface area (Å²) in [5.41, 5.74) is 10.9. The Hall–Kier alpha value is -3.42. The number of nitrogens with two attached hydrogens (primary N) is 2. The molecule has 0 saturated heterocycles. The van der Waals surface area contributed by atoms with Crippen LogP contribution in [0.5, 0.6) is 11.5 Å². The molecule has 0 fully saturated rings. The minimum Gasteiger partial charge on any atom is -0.484 e. The molecule has 0 spiro atoms. The zero-order valence-electron chi connectivity index (χ0n) is 16.4. The lowest BCUT2D eigenvalue weighted by Gasteiger charge is -2.41. The van der Waals surface area contributed by atoms with Crippen LogP contribution >= 0.6 is 0 Å². The maximum atomic E-state index is 8.74. The SMILES string of the molecule is CC(C)(Oc1ccc(C(N)=NO)cc1)C(C)(C)Oc1ccc(C(N)=NO)cc1. The van der Waals surface area contributed by atoms with Crippen molar-refractivity contribution in [2.75, 3.05) is 0 Å². The second-order valence-corrected chi connectivity index (χ2v) is 7.24. The first-order chi connectivity index (χ1) is 13.1. The van der Waals surface area contributed by atoms with Gasteiger partial charge in [-0.1, -0.05) is 10.3 Å². The van der Waals surface area contributed by atoms with Gasteiger partial charge in [0.1, 0.15) is 22.7 Å². The normalized spacial score (nSPS) is 13.3. The summed E-state index contributed by atoms with van der Waals surface area (Å²) >= 11 is 0. The first-order valence-electron chi connectivity index (χ1n) is 8.63. The second kappa shape index (κ2) is 8.08. The highest BCUT2D eigenvalue weighted by molar-refractivity contribution is 5.97. The largest absolute Gasteiger partial charge is 0.484 e. The van der Waals surface area contributed by atoms with Gasteiger partial charge in [0.15, 0.2) is 11.7 Å². The van der Waals surface area contributed by atoms with E-state index in [1.807, 2.05) is 27.7 Å². The number of hydrogen-bond donors (Lipinski definition) is 4. The molecule has 0 aliphatic rings. The van der Waals surface area contributed by atoms with Crippen molar-refractivity contribution in [3.63, 3.8) is 0 Å². The van der Waals surface area contributed by atoms with Crippen LogP contribution in [0.4, 0.5) is 0 Å². The molecule has 2 aromatic rings. The second-order valence-electron chi connectivity index (χ2n) is 7.24. The molecule has 0 radical (unpaired) electrons. The van der Waals surface area contributed by atoms with E-state index in [0.717, 1.165) is 0 Å². The fraction of sp³-hybridized carbons (Fsp3) is 0.300. The average Bonchev–Trinajstić information content (AvgIpc) is 2.67. The lowest BCUT2D eigenvalue weighted by atomic mass is 9.88. The molecular weight excluding hydrogens is 360 g/mol. The van der Waals surface area contributed by atoms with Crippen molar-refractivity contribution in [1.29, 1.82) is 0 Å². The van der Waals surface area contributed by atoms with Gasteiger partial charge in [-0.25, -0.2) is 0 Å². The molecule has 0 atom stereocenters. The first-order valence-corrected chi connectivity index (χ1v) is 8.63. The van der Waals surface area contributed by atoms with Crippen LogP contribution in [-0.4, -0.2) is 33.3 Å². The van der Waals surface area contributed by atoms with E-state index in [9.17, 15) is 0 Å². The number of amidine groups is 2. The molecule has 2 rings (SSSR count). The molecule has 8 heteroatoms. The highest BCUT2D eigenvalue weighted by Crippen LogP contribution is 2.32. The summed E-state index contributed by atoms with van der Waals surface area (Å²) in [4.78, 5) is 0. The summed E-state index contributed by atoms with van der Waals surface area (Å²) in [6, 6.07) is 13.8. The number of benzene rings is 2. The third-order valence-corrected chi connectivity index (χ3v) is 4.71. The minimum absolute atomic E-state index is 0.0322. The quantitative estimate of drug-likeness (QED) is 0.250. The van der Waals surface area contributed by atoms with Crippen molar-refractivity contribution in [1.82, 2.24) is 0 Å². The smallest absolute Gasteiger partial charge is 0.170 e. The zero-order chi connectivity index (χ0) is 20.9. The number of ether oxygens (including phenoxy) is 2. The van der Waals surface area contributed by atoms with E-state index in [4.69, 9.17) is 31.4 Å². The summed E-state index contributed by atoms with van der Waals surface area (Å²) in [5, 5.41) is 23.4. The van der Waals surface area contributed by atoms with Crippen molar-refractivity contribution in [3.05, 3.63) is 59.7 Å². The molecular formula is C20H26N4O4. The van der Waals surface area contributed by atoms with E-state index < -0.39 is 11.2 Å². The van der Waals surface area contributed by atoms with Crippen LogP contribution in [0.15, 0.2) is 58.8 Å². The van der Waals surface area contributed by atoms with Crippen LogP contribution in [0.3, 0.4) is 0 Å². The number of nitrogens with zero attached hydrogens (tertiary/aromatic N) is 2. The predicted molar refractivity (Wildman–Crippen MR) is 107 cm³/mol. The molecule has 2 aromatic carbocycles. The van der Waals surface area contributed by atoms with E-state index in [1.165, 1.54) is 0 Å². The number of rotatable bonds is 7. The van der Waals surface area contributed by atoms with Gasteiger partial charge in [0.25, 0.3) is 0 Å². The molecule has 8 nitrogen and oxygen atoms in total. The summed E-state index contributed by atoms with van der Waals surface area (Å²) < 4.78 is 12.3. The van der Waals surface area contributed by atoms with Gasteiger partial charge in [-0.15, -0.1) is 0 Å². The molecule has 0 aliphatic heterocycles. The monoisotopic (exact) mass is 386 g/mol. The summed E-state index contributed by atoms with van der Waals surface area (Å²) in [7, 11) is 0. The molecule has 0 bridgehead atoms. The van der Waals surface area contributed by atoms with Crippen molar-refractivity contribution in [3.8, 4) is 11.5 Å². The van der Waals surface area contributed by atoms with Crippen LogP contribution < -0.4 is 20.9 Å². The molecule has 0 saturated carbocycles. The van der Waals surface area contributed by atoms with Crippen LogP contribution in [0.2, 0.25) is 0 Å². The van der Waals surface area contributed by atoms with E-state index in [2.05, 4.69) is 10.3 Å². The Morgan fingerprint density at radius 3 is 1.21 bits per heavy atom. The molecule has 6 N–H and O–H groups in total. The third kappa shape index (κ3) is 4.64. The predicted octanol–water partition coefficient (Wildman–Crippen LogP) is 2.89. The zero-order valence-corrected chi connectivity index (χ0v) is 16.4. The molecule has 150 valence electrons. The van der Waals surface area contributed by atoms with Crippen LogP contribution in [0.25, 0.3) is 0 Å². The highest BCUT2D eigenvalue weighted by Gasteiger charge is 2.41. The molecule has 0 aromatic heterocycles. The average molecular weight is 386 g/mol. The Labute approximate surface area is 164 Å². The van der Waals surface area contributed by atoms with Crippen molar-refractivity contribution in [2.45, 2.75) is 38.9 Å². The maximum absolute atomic E-state index is 8.74. The lowest BCUT2D eigenvalue weighted by molar-refractivity contribution is -0.0732. The standard InChI is InChI=1S/C20H26N4O4/c1-19(2,27-15-9-5-13(6-10-15)17(21)23-25)20(3,4)28-16-11-7-14(8-12-16)18(22)24-26/h5-12,25-26H,1-4H3,(H2,21,23)(H2,22,24). The Morgan fingerprint density at radius 2 is 0.964 bits per heavy atom. The number of oxime groups is 2. The van der Waals surface area contributed by atoms with Gasteiger partial charge >= 0.3 is 0 Å². The van der Waals surface area contributed by atoms with Gasteiger partial charge in [0.2, 0.25) is 0 Å². The summed E-state index contributed by atoms with van der Waals surface area (Å²) in [6.45, 7) is 7.70. The van der Waals surface area contributed by atoms with Gasteiger partial charge < -0.3 is 31.4 Å². The fourth-order valence-electron chi connectivity index (χ4n) is 2.34. The van der Waals surface area contributed by atoms with Gasteiger partial charge in [-0.2, -0.15) is 0 Å². The molecule has 0 unspecified atom stereocenters. The highest BCUT2D eigenvalue weighted by atomic mass is 16.6. The van der Waals surface area contributed by atoms with Crippen molar-refractivity contribution >= 4 is 11.7 Å². The Balaban J connectivity index is 2.14. The topological polar surface area (TPSA) is 136 Å². The lowest BCUT2D eigenvalue weighted by Crippen LogP contribution is -2.53. The Bertz CT molecular complexity index is 783. The molecule has 0 aliphatic carbocycles. The van der Waals surface area contributed by atoms with Crippen molar-refractivity contribution < 1.29 is 19.9 Å². The Morgan fingerprint density at radius 1 is 0.679 bits per heavy atom. The summed E-state index contributed by atoms with van der Waals surface area (Å²) in [5.74, 6) is 1.31. The van der Waals surface area contributed by atoms with Crippen LogP contribution in [0, 0.1) is 0 Å². The first kappa shape index (κ1) is 20.9. The van der Waals surface area contributed by atoms with Crippen LogP contribution in [-0.2, 0) is 0 Å². The van der Waals surface area contributed by atoms with Gasteiger partial charge in [-0.3, -0.25) is 0 Å². The van der Waals surface area contributed by atoms with E-state index >= 15 is 0 Å². The molecule has 0 heterocycles. The Kier molecular flexibility index (Phi) is 6.03. The van der Waals surface area contributed by atoms with Crippen molar-refractivity contribution in [2.24, 2.45) is 21.8 Å². The minimum atomic E-state index is -0.699. The van der Waals surface area contributed by atoms with Gasteiger partial charge in [0.05, 0.1) is 0 Å². The van der Waals surface area contributed by atoms with E-state index in [0.29, 0.717) is 22.6 Å². The van der Waals surface area contributed by atoms with E-state index in [1.54, 1.807) is 48.5 Å². The third-order valence-electron chi connectivity index (χ3n) is 4.71. The van der Waals surface area contributed by atoms with Gasteiger partial charge in [-0.05, 0) is 76.2 Å². The molecule has 0 amide bonds.